The number of nitrogens with one attached hydrogen (secondary N) is 2. The second-order valence-corrected chi connectivity index (χ2v) is 5.63. The Balaban J connectivity index is 1.66. The zero-order valence-electron chi connectivity index (χ0n) is 11.4. The number of benzene rings is 1. The van der Waals surface area contributed by atoms with Gasteiger partial charge >= 0.3 is 0 Å². The fourth-order valence-corrected chi connectivity index (χ4v) is 2.81. The Bertz CT molecular complexity index is 466. The normalized spacial score (nSPS) is 23.2. The molecule has 19 heavy (non-hydrogen) atoms. The first-order valence-corrected chi connectivity index (χ1v) is 7.12. The molecule has 1 atom stereocenters. The number of carbonyl (C=O) groups is 1. The molecule has 2 aliphatic heterocycles. The summed E-state index contributed by atoms with van der Waals surface area (Å²) in [5.41, 5.74) is 2.11. The van der Waals surface area contributed by atoms with Crippen molar-refractivity contribution in [3.8, 4) is 0 Å². The molecule has 1 aromatic rings. The minimum Gasteiger partial charge on any atom is -0.381 e. The van der Waals surface area contributed by atoms with Crippen molar-refractivity contribution in [2.45, 2.75) is 25.8 Å². The number of hydrogen-bond donors (Lipinski definition) is 2. The Labute approximate surface area is 114 Å². The van der Waals surface area contributed by atoms with E-state index in [1.165, 1.54) is 0 Å². The number of likely N-dealkylation sites (tertiary alicyclic amines) is 1. The van der Waals surface area contributed by atoms with Crippen LogP contribution in [-0.4, -0.2) is 36.5 Å². The van der Waals surface area contributed by atoms with Gasteiger partial charge in [-0.1, -0.05) is 19.1 Å². The molecule has 4 heteroatoms. The van der Waals surface area contributed by atoms with Crippen molar-refractivity contribution in [1.29, 1.82) is 0 Å². The van der Waals surface area contributed by atoms with Crippen LogP contribution < -0.4 is 10.6 Å². The number of rotatable bonds is 1. The number of hydrogen-bond acceptors (Lipinski definition) is 3. The first-order valence-electron chi connectivity index (χ1n) is 7.12. The van der Waals surface area contributed by atoms with Gasteiger partial charge in [0.15, 0.2) is 0 Å². The lowest BCUT2D eigenvalue weighted by molar-refractivity contribution is -0.133. The summed E-state index contributed by atoms with van der Waals surface area (Å²) in [5.74, 6) is 0.983. The third-order valence-corrected chi connectivity index (χ3v) is 4.15. The highest BCUT2D eigenvalue weighted by Crippen LogP contribution is 2.26. The lowest BCUT2D eigenvalue weighted by atomic mass is 9.98. The van der Waals surface area contributed by atoms with Crippen LogP contribution in [0.1, 0.15) is 19.8 Å². The molecule has 1 fully saturated rings. The van der Waals surface area contributed by atoms with Crippen LogP contribution in [0.4, 0.5) is 11.4 Å². The molecule has 0 aromatic heterocycles. The maximum Gasteiger partial charge on any atom is 0.246 e. The first-order chi connectivity index (χ1) is 9.24. The van der Waals surface area contributed by atoms with Crippen LogP contribution in [0.5, 0.6) is 0 Å². The van der Waals surface area contributed by atoms with E-state index < -0.39 is 0 Å². The fraction of sp³-hybridized carbons (Fsp3) is 0.533. The topological polar surface area (TPSA) is 44.4 Å². The van der Waals surface area contributed by atoms with Gasteiger partial charge in [-0.05, 0) is 30.9 Å². The Hall–Kier alpha value is -1.71. The van der Waals surface area contributed by atoms with E-state index in [1.54, 1.807) is 0 Å². The van der Waals surface area contributed by atoms with Crippen molar-refractivity contribution < 1.29 is 4.79 Å². The van der Waals surface area contributed by atoms with E-state index in [4.69, 9.17) is 0 Å². The van der Waals surface area contributed by atoms with Crippen LogP contribution in [0.15, 0.2) is 24.3 Å². The average molecular weight is 259 g/mol. The zero-order chi connectivity index (χ0) is 13.2. The van der Waals surface area contributed by atoms with Gasteiger partial charge in [-0.3, -0.25) is 4.79 Å². The average Bonchev–Trinajstić information content (AvgIpc) is 2.47. The molecule has 3 rings (SSSR count). The van der Waals surface area contributed by atoms with Gasteiger partial charge < -0.3 is 15.5 Å². The van der Waals surface area contributed by atoms with Crippen molar-refractivity contribution in [1.82, 2.24) is 4.90 Å². The molecule has 1 saturated heterocycles. The molecule has 0 saturated carbocycles. The highest BCUT2D eigenvalue weighted by atomic mass is 16.2. The second-order valence-electron chi connectivity index (χ2n) is 5.63. The van der Waals surface area contributed by atoms with Gasteiger partial charge in [0, 0.05) is 19.6 Å². The summed E-state index contributed by atoms with van der Waals surface area (Å²) < 4.78 is 0. The van der Waals surface area contributed by atoms with Gasteiger partial charge in [-0.15, -0.1) is 0 Å². The molecule has 2 N–H and O–H groups in total. The summed E-state index contributed by atoms with van der Waals surface area (Å²) in [6, 6.07) is 7.90. The molecule has 1 amide bonds. The number of fused-ring (bicyclic) bond motifs is 1. The number of piperidine rings is 1. The lowest BCUT2D eigenvalue weighted by Gasteiger charge is -2.35. The van der Waals surface area contributed by atoms with E-state index in [0.717, 1.165) is 43.2 Å². The summed E-state index contributed by atoms with van der Waals surface area (Å²) in [7, 11) is 0. The number of nitrogens with zero attached hydrogens (tertiary/aromatic N) is 1. The number of para-hydroxylation sites is 2. The quantitative estimate of drug-likeness (QED) is 0.812. The van der Waals surface area contributed by atoms with Gasteiger partial charge in [0.25, 0.3) is 0 Å². The highest BCUT2D eigenvalue weighted by molar-refractivity contribution is 5.88. The SMILES string of the molecule is CC1CCN(C(=O)C2CNc3ccccc3N2)CC1. The molecule has 0 aliphatic carbocycles. The Morgan fingerprint density at radius 1 is 1.21 bits per heavy atom. The molecular formula is C15H21N3O. The van der Waals surface area contributed by atoms with E-state index in [9.17, 15) is 4.79 Å². The monoisotopic (exact) mass is 259 g/mol. The minimum atomic E-state index is -0.136. The number of anilines is 2. The van der Waals surface area contributed by atoms with Crippen LogP contribution in [0, 0.1) is 5.92 Å². The van der Waals surface area contributed by atoms with E-state index in [1.807, 2.05) is 29.2 Å². The van der Waals surface area contributed by atoms with Crippen LogP contribution in [0.3, 0.4) is 0 Å². The largest absolute Gasteiger partial charge is 0.381 e. The Morgan fingerprint density at radius 2 is 1.89 bits per heavy atom. The smallest absolute Gasteiger partial charge is 0.246 e. The van der Waals surface area contributed by atoms with Crippen LogP contribution in [-0.2, 0) is 4.79 Å². The maximum atomic E-state index is 12.5. The second kappa shape index (κ2) is 5.11. The van der Waals surface area contributed by atoms with Gasteiger partial charge in [0.05, 0.1) is 11.4 Å². The van der Waals surface area contributed by atoms with Crippen LogP contribution >= 0.6 is 0 Å². The highest BCUT2D eigenvalue weighted by Gasteiger charge is 2.29. The molecule has 0 bridgehead atoms. The predicted molar refractivity (Wildman–Crippen MR) is 77.3 cm³/mol. The summed E-state index contributed by atoms with van der Waals surface area (Å²) in [4.78, 5) is 14.5. The van der Waals surface area contributed by atoms with Crippen LogP contribution in [0.25, 0.3) is 0 Å². The fourth-order valence-electron chi connectivity index (χ4n) is 2.81. The summed E-state index contributed by atoms with van der Waals surface area (Å²) >= 11 is 0. The van der Waals surface area contributed by atoms with E-state index >= 15 is 0 Å². The summed E-state index contributed by atoms with van der Waals surface area (Å²) in [6.45, 7) is 4.74. The molecule has 4 nitrogen and oxygen atoms in total. The predicted octanol–water partition coefficient (Wildman–Crippen LogP) is 2.15. The van der Waals surface area contributed by atoms with Gasteiger partial charge in [-0.2, -0.15) is 0 Å². The van der Waals surface area contributed by atoms with Crippen molar-refractivity contribution in [2.75, 3.05) is 30.3 Å². The van der Waals surface area contributed by atoms with E-state index in [0.29, 0.717) is 6.54 Å². The molecule has 1 aromatic carbocycles. The van der Waals surface area contributed by atoms with Gasteiger partial charge in [-0.25, -0.2) is 0 Å². The number of carbonyl (C=O) groups excluding carboxylic acids is 1. The molecule has 0 spiro atoms. The molecule has 1 unspecified atom stereocenters. The van der Waals surface area contributed by atoms with Crippen molar-refractivity contribution in [3.05, 3.63) is 24.3 Å². The third kappa shape index (κ3) is 2.53. The lowest BCUT2D eigenvalue weighted by Crippen LogP contribution is -2.50. The molecule has 2 aliphatic rings. The number of amides is 1. The standard InChI is InChI=1S/C15H21N3O/c1-11-6-8-18(9-7-11)15(19)14-10-16-12-4-2-3-5-13(12)17-14/h2-5,11,14,16-17H,6-10H2,1H3. The maximum absolute atomic E-state index is 12.5. The van der Waals surface area contributed by atoms with Gasteiger partial charge in [0.2, 0.25) is 5.91 Å². The summed E-state index contributed by atoms with van der Waals surface area (Å²) in [5, 5.41) is 6.68. The van der Waals surface area contributed by atoms with Crippen molar-refractivity contribution >= 4 is 17.3 Å². The minimum absolute atomic E-state index is 0.136. The zero-order valence-corrected chi connectivity index (χ0v) is 11.4. The molecule has 102 valence electrons. The molecular weight excluding hydrogens is 238 g/mol. The molecule has 2 heterocycles. The third-order valence-electron chi connectivity index (χ3n) is 4.15. The van der Waals surface area contributed by atoms with Crippen molar-refractivity contribution in [3.63, 3.8) is 0 Å². The van der Waals surface area contributed by atoms with Crippen molar-refractivity contribution in [2.24, 2.45) is 5.92 Å². The Morgan fingerprint density at radius 3 is 2.63 bits per heavy atom. The van der Waals surface area contributed by atoms with Gasteiger partial charge in [0.1, 0.15) is 6.04 Å². The summed E-state index contributed by atoms with van der Waals surface area (Å²) in [6.07, 6.45) is 2.25. The Kier molecular flexibility index (Phi) is 3.32. The molecule has 0 radical (unpaired) electrons. The van der Waals surface area contributed by atoms with E-state index in [-0.39, 0.29) is 11.9 Å². The first kappa shape index (κ1) is 12.3. The van der Waals surface area contributed by atoms with Crippen LogP contribution in [0.2, 0.25) is 0 Å². The van der Waals surface area contributed by atoms with E-state index in [2.05, 4.69) is 17.6 Å².